The van der Waals surface area contributed by atoms with E-state index < -0.39 is 0 Å². The van der Waals surface area contributed by atoms with Gasteiger partial charge in [0.2, 0.25) is 0 Å². The molecule has 222 valence electrons. The Labute approximate surface area is 279 Å². The van der Waals surface area contributed by atoms with Gasteiger partial charge < -0.3 is 0 Å². The number of hydrogen-bond donors (Lipinski definition) is 0. The van der Waals surface area contributed by atoms with Crippen LogP contribution in [-0.2, 0) is 0 Å². The van der Waals surface area contributed by atoms with Crippen LogP contribution in [0.1, 0.15) is 0 Å². The molecule has 0 aliphatic carbocycles. The van der Waals surface area contributed by atoms with Gasteiger partial charge in [-0.25, -0.2) is 0 Å². The fourth-order valence-electron chi connectivity index (χ4n) is 8.08. The van der Waals surface area contributed by atoms with Gasteiger partial charge in [-0.2, -0.15) is 0 Å². The SMILES string of the molecule is c1ccc(-c2ccc3c(-c4ccccc4)c4cc5c(cc4c(-c4ccccc4)c3c2)c2ccccc2c2ccc3ccccc3c25)cc1. The minimum atomic E-state index is 1.22. The standard InChI is InChI=1S/C48H30/c1-4-14-31(15-5-1)35-25-27-40-42(28-35)47(34-19-8-3-9-20-34)44-29-41-38-23-13-12-22-37(38)39-26-24-32-16-10-11-21-36(32)48(39)43(41)30-45(44)46(40)33-17-6-2-7-18-33/h1-30H. The van der Waals surface area contributed by atoms with Crippen molar-refractivity contribution in [1.82, 2.24) is 0 Å². The van der Waals surface area contributed by atoms with Crippen LogP contribution in [0.2, 0.25) is 0 Å². The second-order valence-electron chi connectivity index (χ2n) is 12.8. The fraction of sp³-hybridized carbons (Fsp3) is 0. The maximum Gasteiger partial charge on any atom is -0.00201 e. The van der Waals surface area contributed by atoms with Gasteiger partial charge in [0.25, 0.3) is 0 Å². The molecule has 0 spiro atoms. The van der Waals surface area contributed by atoms with Gasteiger partial charge in [-0.1, -0.05) is 164 Å². The summed E-state index contributed by atoms with van der Waals surface area (Å²) in [6.07, 6.45) is 0. The Bertz CT molecular complexity index is 2850. The summed E-state index contributed by atoms with van der Waals surface area (Å²) in [6, 6.07) is 67.1. The van der Waals surface area contributed by atoms with Crippen LogP contribution in [0.4, 0.5) is 0 Å². The van der Waals surface area contributed by atoms with Gasteiger partial charge in [0.1, 0.15) is 0 Å². The normalized spacial score (nSPS) is 11.8. The molecular weight excluding hydrogens is 577 g/mol. The van der Waals surface area contributed by atoms with Gasteiger partial charge in [-0.05, 0) is 116 Å². The van der Waals surface area contributed by atoms with Crippen LogP contribution in [0.15, 0.2) is 182 Å². The molecule has 0 heteroatoms. The first kappa shape index (κ1) is 26.9. The van der Waals surface area contributed by atoms with Crippen molar-refractivity contribution in [2.24, 2.45) is 0 Å². The quantitative estimate of drug-likeness (QED) is 0.139. The van der Waals surface area contributed by atoms with Crippen LogP contribution in [0.25, 0.3) is 98.0 Å². The number of rotatable bonds is 3. The van der Waals surface area contributed by atoms with Crippen molar-refractivity contribution in [3.8, 4) is 33.4 Å². The predicted molar refractivity (Wildman–Crippen MR) is 208 cm³/mol. The molecule has 0 heterocycles. The molecule has 0 nitrogen and oxygen atoms in total. The van der Waals surface area contributed by atoms with Gasteiger partial charge in [0, 0.05) is 0 Å². The molecule has 0 saturated carbocycles. The van der Waals surface area contributed by atoms with Crippen molar-refractivity contribution < 1.29 is 0 Å². The Morgan fingerprint density at radius 1 is 0.208 bits per heavy atom. The fourth-order valence-corrected chi connectivity index (χ4v) is 8.08. The zero-order chi connectivity index (χ0) is 31.6. The topological polar surface area (TPSA) is 0 Å². The van der Waals surface area contributed by atoms with E-state index >= 15 is 0 Å². The van der Waals surface area contributed by atoms with Crippen molar-refractivity contribution in [3.05, 3.63) is 182 Å². The first-order chi connectivity index (χ1) is 23.8. The summed E-state index contributed by atoms with van der Waals surface area (Å²) in [7, 11) is 0. The molecular formula is C48H30. The summed E-state index contributed by atoms with van der Waals surface area (Å²) in [5.41, 5.74) is 7.47. The Morgan fingerprint density at radius 2 is 0.688 bits per heavy atom. The molecule has 0 amide bonds. The van der Waals surface area contributed by atoms with Crippen LogP contribution in [-0.4, -0.2) is 0 Å². The smallest absolute Gasteiger partial charge is 0.00201 e. The molecule has 0 bridgehead atoms. The third-order valence-corrected chi connectivity index (χ3v) is 10.2. The van der Waals surface area contributed by atoms with Crippen molar-refractivity contribution in [2.75, 3.05) is 0 Å². The molecule has 10 aromatic carbocycles. The third kappa shape index (κ3) is 4.03. The van der Waals surface area contributed by atoms with Crippen molar-refractivity contribution >= 4 is 64.6 Å². The molecule has 0 aliphatic rings. The zero-order valence-corrected chi connectivity index (χ0v) is 26.3. The molecule has 0 radical (unpaired) electrons. The largest absolute Gasteiger partial charge is 0.0622 e. The first-order valence-electron chi connectivity index (χ1n) is 16.7. The second-order valence-corrected chi connectivity index (χ2v) is 12.8. The summed E-state index contributed by atoms with van der Waals surface area (Å²) < 4.78 is 0. The summed E-state index contributed by atoms with van der Waals surface area (Å²) in [4.78, 5) is 0. The van der Waals surface area contributed by atoms with Crippen molar-refractivity contribution in [3.63, 3.8) is 0 Å². The zero-order valence-electron chi connectivity index (χ0n) is 26.3. The van der Waals surface area contributed by atoms with Crippen LogP contribution < -0.4 is 0 Å². The molecule has 10 rings (SSSR count). The molecule has 0 aromatic heterocycles. The highest BCUT2D eigenvalue weighted by Gasteiger charge is 2.20. The number of fused-ring (bicyclic) bond motifs is 10. The maximum atomic E-state index is 2.51. The van der Waals surface area contributed by atoms with E-state index in [-0.39, 0.29) is 0 Å². The van der Waals surface area contributed by atoms with E-state index in [1.807, 2.05) is 0 Å². The predicted octanol–water partition coefficient (Wildman–Crippen LogP) is 13.6. The van der Waals surface area contributed by atoms with Gasteiger partial charge in [-0.3, -0.25) is 0 Å². The van der Waals surface area contributed by atoms with E-state index in [2.05, 4.69) is 182 Å². The first-order valence-corrected chi connectivity index (χ1v) is 16.7. The van der Waals surface area contributed by atoms with Crippen LogP contribution in [0, 0.1) is 0 Å². The minimum Gasteiger partial charge on any atom is -0.0622 e. The van der Waals surface area contributed by atoms with Gasteiger partial charge in [-0.15, -0.1) is 0 Å². The molecule has 0 atom stereocenters. The highest BCUT2D eigenvalue weighted by atomic mass is 14.2. The lowest BCUT2D eigenvalue weighted by Crippen LogP contribution is -1.93. The maximum absolute atomic E-state index is 2.51. The highest BCUT2D eigenvalue weighted by molar-refractivity contribution is 6.35. The van der Waals surface area contributed by atoms with E-state index in [1.165, 1.54) is 98.0 Å². The van der Waals surface area contributed by atoms with Crippen LogP contribution in [0.5, 0.6) is 0 Å². The highest BCUT2D eigenvalue weighted by Crippen LogP contribution is 2.48. The van der Waals surface area contributed by atoms with Crippen molar-refractivity contribution in [1.29, 1.82) is 0 Å². The average molecular weight is 607 g/mol. The van der Waals surface area contributed by atoms with E-state index in [0.717, 1.165) is 0 Å². The Morgan fingerprint density at radius 3 is 1.35 bits per heavy atom. The Balaban J connectivity index is 1.48. The summed E-state index contributed by atoms with van der Waals surface area (Å²) in [5, 5.41) is 15.4. The van der Waals surface area contributed by atoms with Gasteiger partial charge in [0.05, 0.1) is 0 Å². The molecule has 10 aromatic rings. The number of hydrogen-bond acceptors (Lipinski definition) is 0. The van der Waals surface area contributed by atoms with Crippen LogP contribution >= 0.6 is 0 Å². The number of benzene rings is 10. The van der Waals surface area contributed by atoms with Crippen LogP contribution in [0.3, 0.4) is 0 Å². The van der Waals surface area contributed by atoms with Gasteiger partial charge >= 0.3 is 0 Å². The van der Waals surface area contributed by atoms with E-state index in [4.69, 9.17) is 0 Å². The molecule has 0 unspecified atom stereocenters. The van der Waals surface area contributed by atoms with Crippen molar-refractivity contribution in [2.45, 2.75) is 0 Å². The lowest BCUT2D eigenvalue weighted by Gasteiger charge is -2.21. The minimum absolute atomic E-state index is 1.22. The lowest BCUT2D eigenvalue weighted by atomic mass is 9.82. The monoisotopic (exact) mass is 606 g/mol. The molecule has 0 fully saturated rings. The molecule has 48 heavy (non-hydrogen) atoms. The summed E-state index contributed by atoms with van der Waals surface area (Å²) in [6.45, 7) is 0. The Hall–Kier alpha value is -6.24. The third-order valence-electron chi connectivity index (χ3n) is 10.2. The molecule has 0 saturated heterocycles. The van der Waals surface area contributed by atoms with E-state index in [9.17, 15) is 0 Å². The molecule has 0 N–H and O–H groups in total. The summed E-state index contributed by atoms with van der Waals surface area (Å²) >= 11 is 0. The van der Waals surface area contributed by atoms with E-state index in [0.29, 0.717) is 0 Å². The second kappa shape index (κ2) is 10.7. The molecule has 0 aliphatic heterocycles. The average Bonchev–Trinajstić information content (AvgIpc) is 3.17. The Kier molecular flexibility index (Phi) is 5.98. The van der Waals surface area contributed by atoms with Gasteiger partial charge in [0.15, 0.2) is 0 Å². The van der Waals surface area contributed by atoms with E-state index in [1.54, 1.807) is 0 Å². The summed E-state index contributed by atoms with van der Waals surface area (Å²) in [5.74, 6) is 0. The lowest BCUT2D eigenvalue weighted by molar-refractivity contribution is 1.63.